The van der Waals surface area contributed by atoms with Crippen LogP contribution in [0.3, 0.4) is 0 Å². The maximum Gasteiger partial charge on any atom is 0.0741 e. The van der Waals surface area contributed by atoms with Crippen LogP contribution in [0.5, 0.6) is 0 Å². The van der Waals surface area contributed by atoms with Gasteiger partial charge in [-0.05, 0) is 43.2 Å². The van der Waals surface area contributed by atoms with E-state index in [1.54, 1.807) is 0 Å². The molecular weight excluding hydrogens is 254 g/mol. The highest BCUT2D eigenvalue weighted by molar-refractivity contribution is 6.30. The topological polar surface area (TPSA) is 12.9 Å². The highest BCUT2D eigenvalue weighted by atomic mass is 35.5. The lowest BCUT2D eigenvalue weighted by atomic mass is 10.0. The van der Waals surface area contributed by atoms with Crippen molar-refractivity contribution in [3.63, 3.8) is 0 Å². The lowest BCUT2D eigenvalue weighted by molar-refractivity contribution is 1.34. The first-order valence-electron chi connectivity index (χ1n) is 6.28. The Morgan fingerprint density at radius 1 is 0.789 bits per heavy atom. The summed E-state index contributed by atoms with van der Waals surface area (Å²) in [6.45, 7) is 4.21. The van der Waals surface area contributed by atoms with Crippen LogP contribution in [0.1, 0.15) is 11.1 Å². The average Bonchev–Trinajstić information content (AvgIpc) is 2.43. The van der Waals surface area contributed by atoms with Crippen LogP contribution in [-0.4, -0.2) is 4.98 Å². The fourth-order valence-corrected chi connectivity index (χ4v) is 2.40. The second-order valence-electron chi connectivity index (χ2n) is 4.80. The maximum atomic E-state index is 5.92. The highest BCUT2D eigenvalue weighted by Crippen LogP contribution is 2.25. The molecule has 0 amide bonds. The molecule has 1 aromatic heterocycles. The molecule has 0 aliphatic carbocycles. The van der Waals surface area contributed by atoms with E-state index in [4.69, 9.17) is 16.6 Å². The zero-order valence-corrected chi connectivity index (χ0v) is 11.7. The van der Waals surface area contributed by atoms with Crippen molar-refractivity contribution in [2.24, 2.45) is 0 Å². The molecule has 3 aromatic rings. The summed E-state index contributed by atoms with van der Waals surface area (Å²) >= 11 is 5.92. The van der Waals surface area contributed by atoms with Crippen molar-refractivity contribution in [3.8, 4) is 11.3 Å². The van der Waals surface area contributed by atoms with Crippen LogP contribution in [0.4, 0.5) is 0 Å². The second-order valence-corrected chi connectivity index (χ2v) is 5.24. The molecule has 1 nitrogen and oxygen atoms in total. The van der Waals surface area contributed by atoms with Crippen LogP contribution in [0.15, 0.2) is 48.5 Å². The van der Waals surface area contributed by atoms with E-state index in [-0.39, 0.29) is 0 Å². The molecule has 2 heteroatoms. The number of benzene rings is 2. The highest BCUT2D eigenvalue weighted by Gasteiger charge is 2.05. The van der Waals surface area contributed by atoms with Gasteiger partial charge < -0.3 is 0 Å². The van der Waals surface area contributed by atoms with Crippen LogP contribution in [0, 0.1) is 13.8 Å². The molecule has 3 rings (SSSR count). The van der Waals surface area contributed by atoms with Gasteiger partial charge in [0.25, 0.3) is 0 Å². The Balaban J connectivity index is 2.21. The Labute approximate surface area is 117 Å². The number of hydrogen-bond donors (Lipinski definition) is 0. The molecule has 0 unspecified atom stereocenters. The van der Waals surface area contributed by atoms with E-state index >= 15 is 0 Å². The minimum absolute atomic E-state index is 0.747. The zero-order valence-electron chi connectivity index (χ0n) is 10.9. The van der Waals surface area contributed by atoms with Crippen molar-refractivity contribution < 1.29 is 0 Å². The van der Waals surface area contributed by atoms with Gasteiger partial charge in [-0.1, -0.05) is 41.9 Å². The quantitative estimate of drug-likeness (QED) is 0.593. The number of pyridine rings is 1. The van der Waals surface area contributed by atoms with Gasteiger partial charge in [0.2, 0.25) is 0 Å². The summed E-state index contributed by atoms with van der Waals surface area (Å²) in [5.41, 5.74) is 5.62. The standard InChI is InChI=1S/C17H14ClN/c1-11-3-4-12(2)17-15(11)9-10-16(19-17)13-5-7-14(18)8-6-13/h3-10H,1-2H3. The first-order chi connectivity index (χ1) is 9.15. The minimum atomic E-state index is 0.747. The Hall–Kier alpha value is -1.86. The van der Waals surface area contributed by atoms with E-state index in [0.29, 0.717) is 0 Å². The molecule has 0 spiro atoms. The maximum absolute atomic E-state index is 5.92. The molecule has 0 aliphatic rings. The molecule has 0 saturated heterocycles. The SMILES string of the molecule is Cc1ccc(C)c2nc(-c3ccc(Cl)cc3)ccc12. The summed E-state index contributed by atoms with van der Waals surface area (Å²) in [6, 6.07) is 16.3. The third kappa shape index (κ3) is 2.22. The normalized spacial score (nSPS) is 10.9. The number of nitrogens with zero attached hydrogens (tertiary/aromatic N) is 1. The molecule has 19 heavy (non-hydrogen) atoms. The fraction of sp³-hybridized carbons (Fsp3) is 0.118. The van der Waals surface area contributed by atoms with Crippen LogP contribution >= 0.6 is 11.6 Å². The summed E-state index contributed by atoms with van der Waals surface area (Å²) in [6.07, 6.45) is 0. The molecule has 2 aromatic carbocycles. The van der Waals surface area contributed by atoms with Crippen molar-refractivity contribution in [2.45, 2.75) is 13.8 Å². The molecule has 0 aliphatic heterocycles. The summed E-state index contributed by atoms with van der Waals surface area (Å²) in [7, 11) is 0. The Morgan fingerprint density at radius 2 is 1.47 bits per heavy atom. The van der Waals surface area contributed by atoms with Crippen LogP contribution < -0.4 is 0 Å². The van der Waals surface area contributed by atoms with Gasteiger partial charge in [0.15, 0.2) is 0 Å². The van der Waals surface area contributed by atoms with E-state index in [0.717, 1.165) is 21.8 Å². The summed E-state index contributed by atoms with van der Waals surface area (Å²) in [5.74, 6) is 0. The number of rotatable bonds is 1. The van der Waals surface area contributed by atoms with E-state index in [1.165, 1.54) is 16.5 Å². The smallest absolute Gasteiger partial charge is 0.0741 e. The third-order valence-corrected chi connectivity index (χ3v) is 3.67. The van der Waals surface area contributed by atoms with Crippen LogP contribution in [0.2, 0.25) is 5.02 Å². The lowest BCUT2D eigenvalue weighted by Gasteiger charge is -2.08. The lowest BCUT2D eigenvalue weighted by Crippen LogP contribution is -1.89. The number of halogens is 1. The molecule has 0 fully saturated rings. The van der Waals surface area contributed by atoms with E-state index in [1.807, 2.05) is 24.3 Å². The first-order valence-corrected chi connectivity index (χ1v) is 6.66. The number of fused-ring (bicyclic) bond motifs is 1. The molecule has 0 radical (unpaired) electrons. The van der Waals surface area contributed by atoms with Gasteiger partial charge in [-0.2, -0.15) is 0 Å². The Bertz CT molecular complexity index is 745. The van der Waals surface area contributed by atoms with E-state index in [9.17, 15) is 0 Å². The predicted molar refractivity (Wildman–Crippen MR) is 81.7 cm³/mol. The van der Waals surface area contributed by atoms with Gasteiger partial charge in [-0.3, -0.25) is 0 Å². The van der Waals surface area contributed by atoms with Crippen molar-refractivity contribution in [1.29, 1.82) is 0 Å². The monoisotopic (exact) mass is 267 g/mol. The summed E-state index contributed by atoms with van der Waals surface area (Å²) in [4.78, 5) is 4.79. The van der Waals surface area contributed by atoms with Gasteiger partial charge in [0.1, 0.15) is 0 Å². The van der Waals surface area contributed by atoms with E-state index in [2.05, 4.69) is 38.1 Å². The zero-order chi connectivity index (χ0) is 13.4. The molecule has 0 atom stereocenters. The molecule has 1 heterocycles. The molecule has 0 N–H and O–H groups in total. The van der Waals surface area contributed by atoms with Crippen molar-refractivity contribution in [3.05, 3.63) is 64.7 Å². The number of hydrogen-bond acceptors (Lipinski definition) is 1. The van der Waals surface area contributed by atoms with E-state index < -0.39 is 0 Å². The van der Waals surface area contributed by atoms with Gasteiger partial charge >= 0.3 is 0 Å². The minimum Gasteiger partial charge on any atom is -0.248 e. The predicted octanol–water partition coefficient (Wildman–Crippen LogP) is 5.17. The van der Waals surface area contributed by atoms with Crippen molar-refractivity contribution >= 4 is 22.5 Å². The van der Waals surface area contributed by atoms with Gasteiger partial charge in [-0.15, -0.1) is 0 Å². The molecular formula is C17H14ClN. The van der Waals surface area contributed by atoms with Crippen LogP contribution in [0.25, 0.3) is 22.2 Å². The number of aromatic nitrogens is 1. The molecule has 0 saturated carbocycles. The largest absolute Gasteiger partial charge is 0.248 e. The Morgan fingerprint density at radius 3 is 2.21 bits per heavy atom. The molecule has 94 valence electrons. The Kier molecular flexibility index (Phi) is 3.00. The summed E-state index contributed by atoms with van der Waals surface area (Å²) < 4.78 is 0. The van der Waals surface area contributed by atoms with Crippen molar-refractivity contribution in [2.75, 3.05) is 0 Å². The second kappa shape index (κ2) is 4.67. The van der Waals surface area contributed by atoms with Crippen LogP contribution in [-0.2, 0) is 0 Å². The van der Waals surface area contributed by atoms with Crippen molar-refractivity contribution in [1.82, 2.24) is 4.98 Å². The first kappa shape index (κ1) is 12.2. The van der Waals surface area contributed by atoms with Gasteiger partial charge in [-0.25, -0.2) is 4.98 Å². The van der Waals surface area contributed by atoms with Gasteiger partial charge in [0, 0.05) is 16.0 Å². The fourth-order valence-electron chi connectivity index (χ4n) is 2.28. The average molecular weight is 268 g/mol. The molecule has 0 bridgehead atoms. The summed E-state index contributed by atoms with van der Waals surface area (Å²) in [5, 5.41) is 1.97. The van der Waals surface area contributed by atoms with Gasteiger partial charge in [0.05, 0.1) is 11.2 Å². The number of aryl methyl sites for hydroxylation is 2. The third-order valence-electron chi connectivity index (χ3n) is 3.42.